The van der Waals surface area contributed by atoms with Crippen LogP contribution in [0.25, 0.3) is 6.08 Å². The maximum absolute atomic E-state index is 12.0. The Hall–Kier alpha value is -3.68. The van der Waals surface area contributed by atoms with Crippen molar-refractivity contribution < 1.29 is 39.1 Å². The Labute approximate surface area is 160 Å². The molecule has 3 N–H and O–H groups in total. The number of phenols is 1. The number of hydrogen-bond donors (Lipinski definition) is 3. The Balaban J connectivity index is 2.11. The fourth-order valence-electron chi connectivity index (χ4n) is 3.17. The highest BCUT2D eigenvalue weighted by atomic mass is 16.5. The lowest BCUT2D eigenvalue weighted by Crippen LogP contribution is -2.18. The van der Waals surface area contributed by atoms with E-state index in [0.717, 1.165) is 6.08 Å². The van der Waals surface area contributed by atoms with Crippen molar-refractivity contribution in [1.29, 1.82) is 0 Å². The summed E-state index contributed by atoms with van der Waals surface area (Å²) < 4.78 is 16.3. The molecule has 0 saturated carbocycles. The Bertz CT molecular complexity index is 963. The number of rotatable bonds is 6. The van der Waals surface area contributed by atoms with E-state index in [1.54, 1.807) is 18.2 Å². The van der Waals surface area contributed by atoms with Crippen LogP contribution in [0.5, 0.6) is 23.0 Å². The van der Waals surface area contributed by atoms with Gasteiger partial charge in [-0.15, -0.1) is 0 Å². The zero-order valence-electron chi connectivity index (χ0n) is 15.1. The molecule has 1 aliphatic heterocycles. The van der Waals surface area contributed by atoms with Gasteiger partial charge in [-0.1, -0.05) is 6.07 Å². The van der Waals surface area contributed by atoms with Crippen molar-refractivity contribution in [2.75, 3.05) is 14.2 Å². The van der Waals surface area contributed by atoms with Crippen LogP contribution < -0.4 is 14.2 Å². The number of ether oxygens (including phenoxy) is 3. The third kappa shape index (κ3) is 3.44. The second-order valence-electron chi connectivity index (χ2n) is 6.10. The summed E-state index contributed by atoms with van der Waals surface area (Å²) in [4.78, 5) is 22.8. The van der Waals surface area contributed by atoms with Crippen molar-refractivity contribution in [1.82, 2.24) is 0 Å². The molecule has 2 aromatic carbocycles. The topological polar surface area (TPSA) is 123 Å². The molecule has 0 unspecified atom stereocenters. The molecule has 0 aromatic heterocycles. The van der Waals surface area contributed by atoms with E-state index < -0.39 is 24.0 Å². The van der Waals surface area contributed by atoms with Gasteiger partial charge in [-0.3, -0.25) is 4.79 Å². The highest BCUT2D eigenvalue weighted by molar-refractivity contribution is 5.86. The van der Waals surface area contributed by atoms with Crippen LogP contribution in [0.2, 0.25) is 0 Å². The molecule has 2 atom stereocenters. The molecule has 3 rings (SSSR count). The predicted molar refractivity (Wildman–Crippen MR) is 98.1 cm³/mol. The van der Waals surface area contributed by atoms with Crippen molar-refractivity contribution in [2.45, 2.75) is 12.0 Å². The molecule has 146 valence electrons. The van der Waals surface area contributed by atoms with Crippen molar-refractivity contribution in [3.63, 3.8) is 0 Å². The van der Waals surface area contributed by atoms with E-state index in [1.807, 2.05) is 0 Å². The third-order valence-electron chi connectivity index (χ3n) is 4.43. The first-order chi connectivity index (χ1) is 13.3. The first-order valence-corrected chi connectivity index (χ1v) is 8.25. The molecule has 8 heteroatoms. The van der Waals surface area contributed by atoms with Gasteiger partial charge in [-0.25, -0.2) is 4.79 Å². The van der Waals surface area contributed by atoms with Gasteiger partial charge in [0.05, 0.1) is 14.2 Å². The molecule has 1 aliphatic rings. The van der Waals surface area contributed by atoms with E-state index in [4.69, 9.17) is 19.3 Å². The molecule has 1 heterocycles. The van der Waals surface area contributed by atoms with Crippen molar-refractivity contribution in [2.24, 2.45) is 0 Å². The van der Waals surface area contributed by atoms with Gasteiger partial charge in [0.1, 0.15) is 12.0 Å². The van der Waals surface area contributed by atoms with Gasteiger partial charge >= 0.3 is 11.9 Å². The lowest BCUT2D eigenvalue weighted by Gasteiger charge is -2.17. The van der Waals surface area contributed by atoms with Crippen LogP contribution >= 0.6 is 0 Å². The summed E-state index contributed by atoms with van der Waals surface area (Å²) in [5.74, 6) is -2.61. The van der Waals surface area contributed by atoms with Crippen molar-refractivity contribution in [3.05, 3.63) is 53.1 Å². The molecule has 0 radical (unpaired) electrons. The number of carboxylic acids is 2. The van der Waals surface area contributed by atoms with Gasteiger partial charge < -0.3 is 29.5 Å². The smallest absolute Gasteiger partial charge is 0.328 e. The number of aliphatic carboxylic acids is 2. The first-order valence-electron chi connectivity index (χ1n) is 8.25. The molecule has 0 fully saturated rings. The molecule has 0 amide bonds. The monoisotopic (exact) mass is 386 g/mol. The lowest BCUT2D eigenvalue weighted by molar-refractivity contribution is -0.140. The highest BCUT2D eigenvalue weighted by Gasteiger charge is 2.42. The standard InChI is InChI=1S/C20H18O8/c1-26-14-9-11(4-5-13(14)21)18-17(20(24)25)12-7-10(3-6-16(22)23)8-15(27-2)19(12)28-18/h3-9,17-18,21H,1-2H3,(H,22,23)(H,24,25)/b6-3+/t17-,18+/m1/s1. The average molecular weight is 386 g/mol. The fourth-order valence-corrected chi connectivity index (χ4v) is 3.17. The Morgan fingerprint density at radius 3 is 2.39 bits per heavy atom. The highest BCUT2D eigenvalue weighted by Crippen LogP contribution is 2.51. The normalized spacial score (nSPS) is 17.8. The SMILES string of the molecule is COc1cc([C@@H]2Oc3c(OC)cc(/C=C/C(=O)O)cc3[C@H]2C(=O)O)ccc1O. The maximum atomic E-state index is 12.0. The number of phenolic OH excluding ortho intramolecular Hbond substituents is 1. The molecule has 2 aromatic rings. The molecule has 0 bridgehead atoms. The average Bonchev–Trinajstić information content (AvgIpc) is 3.05. The van der Waals surface area contributed by atoms with E-state index in [2.05, 4.69) is 0 Å². The minimum Gasteiger partial charge on any atom is -0.504 e. The van der Waals surface area contributed by atoms with Gasteiger partial charge in [-0.05, 0) is 41.5 Å². The van der Waals surface area contributed by atoms with Gasteiger partial charge in [0.2, 0.25) is 0 Å². The summed E-state index contributed by atoms with van der Waals surface area (Å²) in [5.41, 5.74) is 1.34. The first kappa shape index (κ1) is 19.1. The second-order valence-corrected chi connectivity index (χ2v) is 6.10. The van der Waals surface area contributed by atoms with Crippen LogP contribution in [0.15, 0.2) is 36.4 Å². The molecule has 0 aliphatic carbocycles. The third-order valence-corrected chi connectivity index (χ3v) is 4.43. The Kier molecular flexibility index (Phi) is 5.12. The summed E-state index contributed by atoms with van der Waals surface area (Å²) >= 11 is 0. The van der Waals surface area contributed by atoms with Crippen molar-refractivity contribution in [3.8, 4) is 23.0 Å². The number of carbonyl (C=O) groups is 2. The van der Waals surface area contributed by atoms with E-state index in [9.17, 15) is 19.8 Å². The summed E-state index contributed by atoms with van der Waals surface area (Å²) in [6.07, 6.45) is 1.42. The van der Waals surface area contributed by atoms with Crippen LogP contribution in [0, 0.1) is 0 Å². The van der Waals surface area contributed by atoms with Gasteiger partial charge in [0.25, 0.3) is 0 Å². The number of aromatic hydroxyl groups is 1. The zero-order chi connectivity index (χ0) is 20.4. The second kappa shape index (κ2) is 7.51. The quantitative estimate of drug-likeness (QED) is 0.648. The van der Waals surface area contributed by atoms with Crippen LogP contribution in [-0.2, 0) is 9.59 Å². The predicted octanol–water partition coefficient (Wildman–Crippen LogP) is 2.81. The van der Waals surface area contributed by atoms with E-state index >= 15 is 0 Å². The molecular weight excluding hydrogens is 368 g/mol. The van der Waals surface area contributed by atoms with Crippen LogP contribution in [0.1, 0.15) is 28.7 Å². The number of methoxy groups -OCH3 is 2. The van der Waals surface area contributed by atoms with E-state index in [1.165, 1.54) is 32.4 Å². The Morgan fingerprint density at radius 2 is 1.79 bits per heavy atom. The summed E-state index contributed by atoms with van der Waals surface area (Å²) in [6.45, 7) is 0. The minimum atomic E-state index is -1.13. The van der Waals surface area contributed by atoms with E-state index in [-0.39, 0.29) is 17.2 Å². The van der Waals surface area contributed by atoms with Crippen molar-refractivity contribution >= 4 is 18.0 Å². The molecule has 0 saturated heterocycles. The molecule has 28 heavy (non-hydrogen) atoms. The largest absolute Gasteiger partial charge is 0.504 e. The number of benzene rings is 2. The van der Waals surface area contributed by atoms with Crippen LogP contribution in [0.3, 0.4) is 0 Å². The maximum Gasteiger partial charge on any atom is 0.328 e. The lowest BCUT2D eigenvalue weighted by atomic mass is 9.90. The van der Waals surface area contributed by atoms with Gasteiger partial charge in [0.15, 0.2) is 23.0 Å². The van der Waals surface area contributed by atoms with Gasteiger partial charge in [-0.2, -0.15) is 0 Å². The summed E-state index contributed by atoms with van der Waals surface area (Å²) in [7, 11) is 2.80. The molecule has 8 nitrogen and oxygen atoms in total. The summed E-state index contributed by atoms with van der Waals surface area (Å²) in [5, 5.41) is 28.5. The molecular formula is C20H18O8. The molecule has 0 spiro atoms. The Morgan fingerprint density at radius 1 is 1.07 bits per heavy atom. The number of carboxylic acid groups (broad SMARTS) is 2. The number of hydrogen-bond acceptors (Lipinski definition) is 6. The number of fused-ring (bicyclic) bond motifs is 1. The van der Waals surface area contributed by atoms with Crippen LogP contribution in [0.4, 0.5) is 0 Å². The van der Waals surface area contributed by atoms with Gasteiger partial charge in [0, 0.05) is 11.6 Å². The minimum absolute atomic E-state index is 0.0766. The summed E-state index contributed by atoms with van der Waals surface area (Å²) in [6, 6.07) is 7.60. The van der Waals surface area contributed by atoms with Crippen LogP contribution in [-0.4, -0.2) is 41.5 Å². The zero-order valence-corrected chi connectivity index (χ0v) is 15.1. The fraction of sp³-hybridized carbons (Fsp3) is 0.200. The van der Waals surface area contributed by atoms with E-state index in [0.29, 0.717) is 22.4 Å².